The van der Waals surface area contributed by atoms with Crippen LogP contribution in [0.25, 0.3) is 0 Å². The van der Waals surface area contributed by atoms with Crippen molar-refractivity contribution in [2.45, 2.75) is 52.0 Å². The molecule has 0 aliphatic heterocycles. The number of nitrogens with one attached hydrogen (secondary N) is 1. The highest BCUT2D eigenvalue weighted by molar-refractivity contribution is 5.85. The molecule has 0 aromatic rings. The summed E-state index contributed by atoms with van der Waals surface area (Å²) in [6.45, 7) is 3.65. The fourth-order valence-corrected chi connectivity index (χ4v) is 2.28. The summed E-state index contributed by atoms with van der Waals surface area (Å²) in [5, 5.41) is 2.82. The zero-order valence-electron chi connectivity index (χ0n) is 11.0. The lowest BCUT2D eigenvalue weighted by atomic mass is 9.83. The van der Waals surface area contributed by atoms with Gasteiger partial charge in [0.05, 0.1) is 7.11 Å². The zero-order chi connectivity index (χ0) is 12.8. The van der Waals surface area contributed by atoms with Crippen LogP contribution in [0.3, 0.4) is 0 Å². The fourth-order valence-electron chi connectivity index (χ4n) is 2.28. The van der Waals surface area contributed by atoms with Gasteiger partial charge in [-0.15, -0.1) is 0 Å². The number of rotatable bonds is 4. The average molecular weight is 241 g/mol. The van der Waals surface area contributed by atoms with Crippen molar-refractivity contribution in [1.82, 2.24) is 5.32 Å². The molecule has 0 bridgehead atoms. The first-order valence-corrected chi connectivity index (χ1v) is 6.44. The molecular weight excluding hydrogens is 218 g/mol. The smallest absolute Gasteiger partial charge is 0.328 e. The van der Waals surface area contributed by atoms with Gasteiger partial charge in [-0.05, 0) is 18.8 Å². The molecule has 1 amide bonds. The van der Waals surface area contributed by atoms with Crippen LogP contribution >= 0.6 is 0 Å². The van der Waals surface area contributed by atoms with Gasteiger partial charge in [-0.25, -0.2) is 4.79 Å². The van der Waals surface area contributed by atoms with E-state index in [0.29, 0.717) is 0 Å². The molecule has 1 N–H and O–H groups in total. The molecule has 1 saturated carbocycles. The minimum absolute atomic E-state index is 0.0778. The molecular formula is C13H23NO3. The lowest BCUT2D eigenvalue weighted by Gasteiger charge is -2.29. The molecule has 0 aromatic carbocycles. The van der Waals surface area contributed by atoms with Gasteiger partial charge in [0, 0.05) is 5.92 Å². The van der Waals surface area contributed by atoms with Crippen molar-refractivity contribution in [2.75, 3.05) is 7.11 Å². The van der Waals surface area contributed by atoms with E-state index in [1.165, 1.54) is 13.5 Å². The SMILES string of the molecule is COC(=O)[C@H](NC(=O)C(C)C)C1CCCCC1. The van der Waals surface area contributed by atoms with Crippen molar-refractivity contribution in [2.24, 2.45) is 11.8 Å². The van der Waals surface area contributed by atoms with E-state index in [-0.39, 0.29) is 23.7 Å². The second-order valence-electron chi connectivity index (χ2n) is 5.06. The van der Waals surface area contributed by atoms with Gasteiger partial charge >= 0.3 is 5.97 Å². The maximum atomic E-state index is 11.7. The Kier molecular flexibility index (Phi) is 5.45. The molecule has 98 valence electrons. The summed E-state index contributed by atoms with van der Waals surface area (Å²) in [6, 6.07) is -0.463. The topological polar surface area (TPSA) is 55.4 Å². The minimum atomic E-state index is -0.463. The van der Waals surface area contributed by atoms with Crippen molar-refractivity contribution in [3.05, 3.63) is 0 Å². The second kappa shape index (κ2) is 6.62. The first kappa shape index (κ1) is 14.0. The Morgan fingerprint density at radius 1 is 1.18 bits per heavy atom. The number of esters is 1. The van der Waals surface area contributed by atoms with Crippen LogP contribution < -0.4 is 5.32 Å². The number of ether oxygens (including phenoxy) is 1. The van der Waals surface area contributed by atoms with Gasteiger partial charge < -0.3 is 10.1 Å². The third-order valence-corrected chi connectivity index (χ3v) is 3.40. The van der Waals surface area contributed by atoms with Crippen molar-refractivity contribution in [1.29, 1.82) is 0 Å². The first-order valence-electron chi connectivity index (χ1n) is 6.44. The van der Waals surface area contributed by atoms with Crippen LogP contribution in [0.5, 0.6) is 0 Å². The Morgan fingerprint density at radius 2 is 1.76 bits per heavy atom. The van der Waals surface area contributed by atoms with E-state index in [0.717, 1.165) is 25.7 Å². The molecule has 1 rings (SSSR count). The van der Waals surface area contributed by atoms with E-state index in [1.807, 2.05) is 13.8 Å². The Bertz CT molecular complexity index is 270. The second-order valence-corrected chi connectivity index (χ2v) is 5.06. The molecule has 0 unspecified atom stereocenters. The quantitative estimate of drug-likeness (QED) is 0.765. The maximum absolute atomic E-state index is 11.7. The monoisotopic (exact) mass is 241 g/mol. The van der Waals surface area contributed by atoms with Crippen LogP contribution in [0.15, 0.2) is 0 Å². The van der Waals surface area contributed by atoms with Crippen molar-refractivity contribution < 1.29 is 14.3 Å². The van der Waals surface area contributed by atoms with Gasteiger partial charge in [-0.2, -0.15) is 0 Å². The predicted octanol–water partition coefficient (Wildman–Crippen LogP) is 1.88. The Hall–Kier alpha value is -1.06. The number of carbonyl (C=O) groups is 2. The largest absolute Gasteiger partial charge is 0.467 e. The minimum Gasteiger partial charge on any atom is -0.467 e. The van der Waals surface area contributed by atoms with Gasteiger partial charge in [0.25, 0.3) is 0 Å². The van der Waals surface area contributed by atoms with Crippen LogP contribution in [0.2, 0.25) is 0 Å². The summed E-state index contributed by atoms with van der Waals surface area (Å²) in [5.74, 6) is -0.262. The fraction of sp³-hybridized carbons (Fsp3) is 0.846. The van der Waals surface area contributed by atoms with Gasteiger partial charge in [-0.1, -0.05) is 33.1 Å². The number of methoxy groups -OCH3 is 1. The summed E-state index contributed by atoms with van der Waals surface area (Å²) in [5.41, 5.74) is 0. The standard InChI is InChI=1S/C13H23NO3/c1-9(2)12(15)14-11(13(16)17-3)10-7-5-4-6-8-10/h9-11H,4-8H2,1-3H3,(H,14,15)/t11-/m1/s1. The van der Waals surface area contributed by atoms with Crippen molar-refractivity contribution in [3.8, 4) is 0 Å². The Morgan fingerprint density at radius 3 is 2.24 bits per heavy atom. The highest BCUT2D eigenvalue weighted by Gasteiger charge is 2.31. The molecule has 0 spiro atoms. The highest BCUT2D eigenvalue weighted by Crippen LogP contribution is 2.27. The summed E-state index contributed by atoms with van der Waals surface area (Å²) >= 11 is 0. The number of carbonyl (C=O) groups excluding carboxylic acids is 2. The van der Waals surface area contributed by atoms with Gasteiger partial charge in [0.15, 0.2) is 0 Å². The Balaban J connectivity index is 2.65. The van der Waals surface area contributed by atoms with Crippen molar-refractivity contribution >= 4 is 11.9 Å². The molecule has 1 aliphatic carbocycles. The lowest BCUT2D eigenvalue weighted by molar-refractivity contribution is -0.147. The predicted molar refractivity (Wildman–Crippen MR) is 65.4 cm³/mol. The third kappa shape index (κ3) is 4.02. The zero-order valence-corrected chi connectivity index (χ0v) is 11.0. The summed E-state index contributed by atoms with van der Waals surface area (Å²) in [6.07, 6.45) is 5.49. The molecule has 1 fully saturated rings. The highest BCUT2D eigenvalue weighted by atomic mass is 16.5. The first-order chi connectivity index (χ1) is 8.06. The molecule has 17 heavy (non-hydrogen) atoms. The lowest BCUT2D eigenvalue weighted by Crippen LogP contribution is -2.48. The summed E-state index contributed by atoms with van der Waals surface area (Å²) in [4.78, 5) is 23.4. The van der Waals surface area contributed by atoms with E-state index in [1.54, 1.807) is 0 Å². The summed E-state index contributed by atoms with van der Waals surface area (Å²) in [7, 11) is 1.37. The van der Waals surface area contributed by atoms with Crippen LogP contribution in [0.1, 0.15) is 46.0 Å². The van der Waals surface area contributed by atoms with Crippen molar-refractivity contribution in [3.63, 3.8) is 0 Å². The van der Waals surface area contributed by atoms with Gasteiger partial charge in [0.1, 0.15) is 6.04 Å². The van der Waals surface area contributed by atoms with Crippen LogP contribution in [0.4, 0.5) is 0 Å². The summed E-state index contributed by atoms with van der Waals surface area (Å²) < 4.78 is 4.79. The molecule has 0 heterocycles. The van der Waals surface area contributed by atoms with Gasteiger partial charge in [-0.3, -0.25) is 4.79 Å². The number of amides is 1. The molecule has 4 nitrogen and oxygen atoms in total. The third-order valence-electron chi connectivity index (χ3n) is 3.40. The van der Waals surface area contributed by atoms with E-state index < -0.39 is 6.04 Å². The normalized spacial score (nSPS) is 18.8. The van der Waals surface area contributed by atoms with Crippen LogP contribution in [-0.4, -0.2) is 25.0 Å². The average Bonchev–Trinajstić information content (AvgIpc) is 2.35. The number of hydrogen-bond acceptors (Lipinski definition) is 3. The molecule has 0 radical (unpaired) electrons. The van der Waals surface area contributed by atoms with E-state index in [4.69, 9.17) is 4.74 Å². The molecule has 0 aromatic heterocycles. The van der Waals surface area contributed by atoms with Gasteiger partial charge in [0.2, 0.25) is 5.91 Å². The molecule has 1 atom stereocenters. The molecule has 0 saturated heterocycles. The van der Waals surface area contributed by atoms with E-state index in [2.05, 4.69) is 5.32 Å². The number of hydrogen-bond donors (Lipinski definition) is 1. The molecule has 1 aliphatic rings. The van der Waals surface area contributed by atoms with E-state index >= 15 is 0 Å². The van der Waals surface area contributed by atoms with Crippen LogP contribution in [-0.2, 0) is 14.3 Å². The maximum Gasteiger partial charge on any atom is 0.328 e. The molecule has 4 heteroatoms. The van der Waals surface area contributed by atoms with Crippen LogP contribution in [0, 0.1) is 11.8 Å². The van der Waals surface area contributed by atoms with E-state index in [9.17, 15) is 9.59 Å². The Labute approximate surface area is 103 Å².